The van der Waals surface area contributed by atoms with Crippen LogP contribution in [0.15, 0.2) is 0 Å². The van der Waals surface area contributed by atoms with Crippen LogP contribution in [-0.2, 0) is 32.2 Å². The highest BCUT2D eigenvalue weighted by Gasteiger charge is 2.32. The molecule has 0 bridgehead atoms. The number of rotatable bonds is 12. The molecule has 0 spiro atoms. The maximum atomic E-state index is 11.2. The molecule has 18 heavy (non-hydrogen) atoms. The van der Waals surface area contributed by atoms with Gasteiger partial charge in [0.25, 0.3) is 12.7 Å². The summed E-state index contributed by atoms with van der Waals surface area (Å²) < 4.78 is 52.8. The van der Waals surface area contributed by atoms with Gasteiger partial charge in [0.2, 0.25) is 12.7 Å². The summed E-state index contributed by atoms with van der Waals surface area (Å²) in [5.41, 5.74) is 0. The van der Waals surface area contributed by atoms with E-state index in [0.29, 0.717) is 13.2 Å². The minimum Gasteiger partial charge on any atom is -0.338 e. The van der Waals surface area contributed by atoms with Gasteiger partial charge in [-0.05, 0) is 13.8 Å². The fourth-order valence-corrected chi connectivity index (χ4v) is 3.50. The predicted molar refractivity (Wildman–Crippen MR) is 67.7 cm³/mol. The molecule has 0 aliphatic rings. The van der Waals surface area contributed by atoms with Crippen molar-refractivity contribution in [1.82, 2.24) is 0 Å². The van der Waals surface area contributed by atoms with Crippen LogP contribution in [0.25, 0.3) is 0 Å². The first-order chi connectivity index (χ1) is 8.60. The smallest absolute Gasteiger partial charge is 0.338 e. The van der Waals surface area contributed by atoms with Crippen LogP contribution >= 0.6 is 23.9 Å². The Hall–Kier alpha value is 0.140. The van der Waals surface area contributed by atoms with Gasteiger partial charge < -0.3 is 9.47 Å². The molecule has 7 nitrogen and oxygen atoms in total. The second kappa shape index (κ2) is 12.2. The molecule has 0 aromatic heterocycles. The molecular formula is C8H18O7P3+3. The number of hydrogen-bond acceptors (Lipinski definition) is 7. The topological polar surface area (TPSA) is 88.1 Å². The van der Waals surface area contributed by atoms with E-state index in [1.807, 2.05) is 0 Å². The zero-order chi connectivity index (χ0) is 13.8. The Labute approximate surface area is 109 Å². The van der Waals surface area contributed by atoms with E-state index in [1.165, 1.54) is 0 Å². The summed E-state index contributed by atoms with van der Waals surface area (Å²) in [5.74, 6) is 0. The van der Waals surface area contributed by atoms with Crippen LogP contribution in [0.1, 0.15) is 13.8 Å². The molecule has 0 heterocycles. The third-order valence-electron chi connectivity index (χ3n) is 1.49. The van der Waals surface area contributed by atoms with Gasteiger partial charge in [0.05, 0.1) is 0 Å². The molecule has 0 saturated heterocycles. The van der Waals surface area contributed by atoms with Crippen molar-refractivity contribution in [3.63, 3.8) is 0 Å². The molecule has 0 aliphatic carbocycles. The largest absolute Gasteiger partial charge is 0.706 e. The third kappa shape index (κ3) is 11.2. The van der Waals surface area contributed by atoms with Gasteiger partial charge in [0.15, 0.2) is 0 Å². The first kappa shape index (κ1) is 18.1. The molecule has 104 valence electrons. The van der Waals surface area contributed by atoms with Crippen LogP contribution in [0, 0.1) is 0 Å². The van der Waals surface area contributed by atoms with E-state index in [2.05, 4.69) is 0 Å². The summed E-state index contributed by atoms with van der Waals surface area (Å²) >= 11 is 0. The van der Waals surface area contributed by atoms with Crippen LogP contribution in [0.5, 0.6) is 0 Å². The average molecular weight is 319 g/mol. The van der Waals surface area contributed by atoms with Crippen molar-refractivity contribution in [3.05, 3.63) is 0 Å². The Bertz CT molecular complexity index is 258. The molecule has 2 unspecified atom stereocenters. The highest BCUT2D eigenvalue weighted by Crippen LogP contribution is 2.34. The highest BCUT2D eigenvalue weighted by molar-refractivity contribution is 7.46. The van der Waals surface area contributed by atoms with Gasteiger partial charge >= 0.3 is 23.9 Å². The number of ether oxygens (including phenoxy) is 2. The third-order valence-corrected chi connectivity index (χ3v) is 4.36. The van der Waals surface area contributed by atoms with E-state index in [9.17, 15) is 13.7 Å². The van der Waals surface area contributed by atoms with E-state index in [1.54, 1.807) is 13.8 Å². The lowest BCUT2D eigenvalue weighted by molar-refractivity contribution is 0.189. The van der Waals surface area contributed by atoms with Crippen molar-refractivity contribution >= 4 is 23.9 Å². The zero-order valence-corrected chi connectivity index (χ0v) is 13.1. The molecule has 2 atom stereocenters. The Morgan fingerprint density at radius 1 is 0.722 bits per heavy atom. The maximum absolute atomic E-state index is 11.2. The van der Waals surface area contributed by atoms with Gasteiger partial charge in [-0.1, -0.05) is 18.2 Å². The van der Waals surface area contributed by atoms with E-state index in [4.69, 9.17) is 18.5 Å². The van der Waals surface area contributed by atoms with Crippen LogP contribution in [0.4, 0.5) is 0 Å². The summed E-state index contributed by atoms with van der Waals surface area (Å²) in [4.78, 5) is 0. The summed E-state index contributed by atoms with van der Waals surface area (Å²) in [6.45, 7) is 4.48. The van der Waals surface area contributed by atoms with E-state index < -0.39 is 23.9 Å². The van der Waals surface area contributed by atoms with Gasteiger partial charge in [-0.3, -0.25) is 0 Å². The van der Waals surface area contributed by atoms with Crippen molar-refractivity contribution in [3.8, 4) is 0 Å². The molecular weight excluding hydrogens is 301 g/mol. The van der Waals surface area contributed by atoms with Crippen LogP contribution < -0.4 is 0 Å². The minimum absolute atomic E-state index is 0.0631. The van der Waals surface area contributed by atoms with Crippen LogP contribution in [0.3, 0.4) is 0 Å². The molecule has 10 heteroatoms. The highest BCUT2D eigenvalue weighted by atomic mass is 31.1. The second-order valence-corrected chi connectivity index (χ2v) is 6.87. The first-order valence-corrected chi connectivity index (χ1v) is 9.68. The average Bonchev–Trinajstić information content (AvgIpc) is 2.37. The van der Waals surface area contributed by atoms with Crippen molar-refractivity contribution in [1.29, 1.82) is 0 Å². The SMILES string of the molecule is CCOC[P+](=O)CO[P+](=O)OC[P+](=O)COCC. The monoisotopic (exact) mass is 319 g/mol. The Morgan fingerprint density at radius 3 is 1.44 bits per heavy atom. The fourth-order valence-electron chi connectivity index (χ4n) is 0.721. The normalized spacial score (nSPS) is 13.3. The minimum atomic E-state index is -2.40. The lowest BCUT2D eigenvalue weighted by Gasteiger charge is -1.88. The molecule has 0 aromatic carbocycles. The van der Waals surface area contributed by atoms with E-state index >= 15 is 0 Å². The quantitative estimate of drug-likeness (QED) is 0.510. The molecule has 0 radical (unpaired) electrons. The standard InChI is InChI=1S/C8H18O7P3/c1-3-12-5-16(9)7-14-18(11)15-8-17(10)6-13-4-2/h3-8H2,1-2H3/q+3. The lowest BCUT2D eigenvalue weighted by Crippen LogP contribution is -1.93. The van der Waals surface area contributed by atoms with Crippen LogP contribution in [0.2, 0.25) is 0 Å². The van der Waals surface area contributed by atoms with Crippen molar-refractivity contribution in [2.24, 2.45) is 0 Å². The van der Waals surface area contributed by atoms with Crippen molar-refractivity contribution < 1.29 is 32.2 Å². The number of hydrogen-bond donors (Lipinski definition) is 0. The summed E-state index contributed by atoms with van der Waals surface area (Å²) in [6.07, 6.45) is -0.277. The second-order valence-electron chi connectivity index (χ2n) is 2.95. The molecule has 0 rings (SSSR count). The fraction of sp³-hybridized carbons (Fsp3) is 1.00. The van der Waals surface area contributed by atoms with Crippen molar-refractivity contribution in [2.75, 3.05) is 38.6 Å². The molecule has 0 aliphatic heterocycles. The molecule has 0 N–H and O–H groups in total. The zero-order valence-electron chi connectivity index (χ0n) is 10.4. The molecule has 0 amide bonds. The predicted octanol–water partition coefficient (Wildman–Crippen LogP) is 3.23. The first-order valence-electron chi connectivity index (χ1n) is 5.32. The Morgan fingerprint density at radius 2 is 1.11 bits per heavy atom. The van der Waals surface area contributed by atoms with Crippen LogP contribution in [-0.4, -0.2) is 38.6 Å². The summed E-state index contributed by atoms with van der Waals surface area (Å²) in [7, 11) is -5.82. The van der Waals surface area contributed by atoms with Gasteiger partial charge in [0, 0.05) is 17.8 Å². The molecule has 0 aromatic rings. The van der Waals surface area contributed by atoms with Gasteiger partial charge in [-0.15, -0.1) is 0 Å². The summed E-state index contributed by atoms with van der Waals surface area (Å²) in [6, 6.07) is 0. The van der Waals surface area contributed by atoms with Gasteiger partial charge in [0.1, 0.15) is 0 Å². The lowest BCUT2D eigenvalue weighted by atomic mass is 10.9. The van der Waals surface area contributed by atoms with E-state index in [-0.39, 0.29) is 25.4 Å². The summed E-state index contributed by atoms with van der Waals surface area (Å²) in [5, 5.41) is 0. The van der Waals surface area contributed by atoms with Gasteiger partial charge in [-0.25, -0.2) is 0 Å². The van der Waals surface area contributed by atoms with E-state index in [0.717, 1.165) is 0 Å². The Balaban J connectivity index is 3.59. The molecule has 0 fully saturated rings. The molecule has 0 saturated carbocycles. The Kier molecular flexibility index (Phi) is 12.3. The maximum Gasteiger partial charge on any atom is 0.706 e. The van der Waals surface area contributed by atoms with Crippen molar-refractivity contribution in [2.45, 2.75) is 13.8 Å². The van der Waals surface area contributed by atoms with Gasteiger partial charge in [-0.2, -0.15) is 0 Å².